The van der Waals surface area contributed by atoms with Crippen LogP contribution in [0.1, 0.15) is 13.3 Å². The first-order chi connectivity index (χ1) is 10.1. The summed E-state index contributed by atoms with van der Waals surface area (Å²) in [5.41, 5.74) is 0.681. The molecule has 0 spiro atoms. The molecule has 0 N–H and O–H groups in total. The molecule has 0 radical (unpaired) electrons. The molecule has 0 bridgehead atoms. The summed E-state index contributed by atoms with van der Waals surface area (Å²) >= 11 is 3.21. The molecule has 1 aliphatic heterocycles. The Morgan fingerprint density at radius 3 is 2.95 bits per heavy atom. The third kappa shape index (κ3) is 2.90. The van der Waals surface area contributed by atoms with Gasteiger partial charge in [0.05, 0.1) is 16.1 Å². The molecular weight excluding hydrogens is 335 g/mol. The van der Waals surface area contributed by atoms with Gasteiger partial charge in [-0.1, -0.05) is 6.92 Å². The van der Waals surface area contributed by atoms with Gasteiger partial charge in [-0.3, -0.25) is 0 Å². The zero-order valence-electron chi connectivity index (χ0n) is 12.1. The van der Waals surface area contributed by atoms with Crippen molar-refractivity contribution in [3.63, 3.8) is 0 Å². The van der Waals surface area contributed by atoms with Gasteiger partial charge in [-0.2, -0.15) is 0 Å². The molecule has 2 unspecified atom stereocenters. The number of piperidine rings is 1. The summed E-state index contributed by atoms with van der Waals surface area (Å²) in [4.78, 5) is 6.82. The fourth-order valence-corrected chi connectivity index (χ4v) is 3.19. The molecule has 112 valence electrons. The van der Waals surface area contributed by atoms with Gasteiger partial charge in [0.2, 0.25) is 0 Å². The lowest BCUT2D eigenvalue weighted by Crippen LogP contribution is -2.44. The van der Waals surface area contributed by atoms with Gasteiger partial charge in [0.15, 0.2) is 0 Å². The van der Waals surface area contributed by atoms with Gasteiger partial charge in [-0.05, 0) is 46.5 Å². The van der Waals surface area contributed by atoms with Crippen molar-refractivity contribution in [3.05, 3.63) is 34.6 Å². The van der Waals surface area contributed by atoms with Crippen LogP contribution >= 0.6 is 15.9 Å². The Bertz CT molecular complexity index is 664. The van der Waals surface area contributed by atoms with E-state index in [2.05, 4.69) is 32.7 Å². The highest BCUT2D eigenvalue weighted by molar-refractivity contribution is 9.10. The van der Waals surface area contributed by atoms with Gasteiger partial charge in [0.25, 0.3) is 0 Å². The fourth-order valence-electron chi connectivity index (χ4n) is 2.83. The maximum atomic E-state index is 13.7. The van der Waals surface area contributed by atoms with E-state index < -0.39 is 0 Å². The Hall–Kier alpha value is -1.20. The van der Waals surface area contributed by atoms with Crippen molar-refractivity contribution in [1.82, 2.24) is 4.98 Å². The number of halogens is 2. The molecule has 5 heteroatoms. The van der Waals surface area contributed by atoms with Gasteiger partial charge in [0.1, 0.15) is 11.6 Å². The van der Waals surface area contributed by atoms with E-state index in [9.17, 15) is 4.39 Å². The Balaban J connectivity index is 1.92. The van der Waals surface area contributed by atoms with Gasteiger partial charge in [-0.25, -0.2) is 9.37 Å². The number of ether oxygens (including phenoxy) is 1. The zero-order valence-corrected chi connectivity index (χ0v) is 13.7. The highest BCUT2D eigenvalue weighted by atomic mass is 79.9. The maximum Gasteiger partial charge on any atom is 0.139 e. The smallest absolute Gasteiger partial charge is 0.139 e. The van der Waals surface area contributed by atoms with Crippen LogP contribution in [-0.2, 0) is 4.74 Å². The zero-order chi connectivity index (χ0) is 15.0. The van der Waals surface area contributed by atoms with E-state index in [1.54, 1.807) is 13.2 Å². The molecule has 1 aromatic heterocycles. The predicted octanol–water partition coefficient (Wildman–Crippen LogP) is 4.00. The summed E-state index contributed by atoms with van der Waals surface area (Å²) in [6.45, 7) is 4.00. The molecule has 0 amide bonds. The second-order valence-corrected chi connectivity index (χ2v) is 6.47. The number of methoxy groups -OCH3 is 1. The molecule has 0 aliphatic carbocycles. The molecule has 1 aliphatic rings. The van der Waals surface area contributed by atoms with Crippen LogP contribution in [0.15, 0.2) is 28.7 Å². The lowest BCUT2D eigenvalue weighted by atomic mass is 9.96. The summed E-state index contributed by atoms with van der Waals surface area (Å²) in [7, 11) is 1.76. The first-order valence-electron chi connectivity index (χ1n) is 7.12. The number of anilines is 1. The third-order valence-electron chi connectivity index (χ3n) is 4.23. The predicted molar refractivity (Wildman–Crippen MR) is 86.2 cm³/mol. The Morgan fingerprint density at radius 1 is 1.38 bits per heavy atom. The van der Waals surface area contributed by atoms with E-state index in [1.807, 2.05) is 12.1 Å². The van der Waals surface area contributed by atoms with Crippen LogP contribution in [0.4, 0.5) is 10.2 Å². The number of fused-ring (bicyclic) bond motifs is 1. The molecule has 2 atom stereocenters. The standard InChI is InChI=1S/C16H18BrFN2O/c1-10-5-6-20(9-15(10)21-2)16-4-3-11-7-12(17)13(18)8-14(11)19-16/h3-4,7-8,10,15H,5-6,9H2,1-2H3. The lowest BCUT2D eigenvalue weighted by molar-refractivity contribution is 0.0496. The van der Waals surface area contributed by atoms with Crippen LogP contribution in [0.5, 0.6) is 0 Å². The molecule has 1 aromatic carbocycles. The number of hydrogen-bond acceptors (Lipinski definition) is 3. The second-order valence-electron chi connectivity index (χ2n) is 5.61. The third-order valence-corrected chi connectivity index (χ3v) is 4.84. The van der Waals surface area contributed by atoms with E-state index in [0.717, 1.165) is 30.7 Å². The van der Waals surface area contributed by atoms with E-state index in [0.29, 0.717) is 15.9 Å². The van der Waals surface area contributed by atoms with Gasteiger partial charge >= 0.3 is 0 Å². The second kappa shape index (κ2) is 5.89. The SMILES string of the molecule is COC1CN(c2ccc3cc(Br)c(F)cc3n2)CCC1C. The van der Waals surface area contributed by atoms with Crippen LogP contribution in [0.25, 0.3) is 10.9 Å². The summed E-state index contributed by atoms with van der Waals surface area (Å²) in [5.74, 6) is 1.16. The Kier molecular flexibility index (Phi) is 4.13. The summed E-state index contributed by atoms with van der Waals surface area (Å²) in [6.07, 6.45) is 1.30. The molecule has 0 saturated carbocycles. The number of nitrogens with zero attached hydrogens (tertiary/aromatic N) is 2. The average molecular weight is 353 g/mol. The van der Waals surface area contributed by atoms with Crippen LogP contribution in [0.3, 0.4) is 0 Å². The molecule has 1 saturated heterocycles. The molecule has 1 fully saturated rings. The molecule has 3 rings (SSSR count). The van der Waals surface area contributed by atoms with Crippen molar-refractivity contribution >= 4 is 32.7 Å². The summed E-state index contributed by atoms with van der Waals surface area (Å²) in [5, 5.41) is 0.931. The van der Waals surface area contributed by atoms with Crippen molar-refractivity contribution in [2.45, 2.75) is 19.4 Å². The van der Waals surface area contributed by atoms with Crippen molar-refractivity contribution in [1.29, 1.82) is 0 Å². The fraction of sp³-hybridized carbons (Fsp3) is 0.438. The van der Waals surface area contributed by atoms with Crippen molar-refractivity contribution in [2.75, 3.05) is 25.1 Å². The van der Waals surface area contributed by atoms with Gasteiger partial charge in [-0.15, -0.1) is 0 Å². The highest BCUT2D eigenvalue weighted by Crippen LogP contribution is 2.27. The lowest BCUT2D eigenvalue weighted by Gasteiger charge is -2.37. The Morgan fingerprint density at radius 2 is 2.19 bits per heavy atom. The number of aromatic nitrogens is 1. The van der Waals surface area contributed by atoms with Crippen LogP contribution in [0.2, 0.25) is 0 Å². The molecule has 21 heavy (non-hydrogen) atoms. The average Bonchev–Trinajstić information content (AvgIpc) is 2.48. The number of rotatable bonds is 2. The minimum Gasteiger partial charge on any atom is -0.379 e. The minimum absolute atomic E-state index is 0.220. The number of hydrogen-bond donors (Lipinski definition) is 0. The minimum atomic E-state index is -0.283. The first-order valence-corrected chi connectivity index (χ1v) is 7.91. The maximum absolute atomic E-state index is 13.7. The molecule has 2 aromatic rings. The largest absolute Gasteiger partial charge is 0.379 e. The monoisotopic (exact) mass is 352 g/mol. The highest BCUT2D eigenvalue weighted by Gasteiger charge is 2.26. The van der Waals surface area contributed by atoms with Crippen molar-refractivity contribution in [2.24, 2.45) is 5.92 Å². The van der Waals surface area contributed by atoms with E-state index >= 15 is 0 Å². The molecular formula is C16H18BrFN2O. The normalized spacial score (nSPS) is 22.8. The van der Waals surface area contributed by atoms with Gasteiger partial charge < -0.3 is 9.64 Å². The van der Waals surface area contributed by atoms with E-state index in [4.69, 9.17) is 4.74 Å². The topological polar surface area (TPSA) is 25.4 Å². The summed E-state index contributed by atoms with van der Waals surface area (Å²) < 4.78 is 19.7. The first kappa shape index (κ1) is 14.7. The Labute approximate surface area is 132 Å². The molecule has 3 nitrogen and oxygen atoms in total. The number of pyridine rings is 1. The number of benzene rings is 1. The van der Waals surface area contributed by atoms with Gasteiger partial charge in [0, 0.05) is 31.7 Å². The van der Waals surface area contributed by atoms with Crippen molar-refractivity contribution < 1.29 is 9.13 Å². The van der Waals surface area contributed by atoms with E-state index in [1.165, 1.54) is 6.07 Å². The van der Waals surface area contributed by atoms with E-state index in [-0.39, 0.29) is 11.9 Å². The van der Waals surface area contributed by atoms with Crippen LogP contribution in [-0.4, -0.2) is 31.3 Å². The quantitative estimate of drug-likeness (QED) is 0.816. The van der Waals surface area contributed by atoms with Crippen LogP contribution in [0, 0.1) is 11.7 Å². The van der Waals surface area contributed by atoms with Crippen LogP contribution < -0.4 is 4.90 Å². The molecule has 2 heterocycles. The van der Waals surface area contributed by atoms with Crippen molar-refractivity contribution in [3.8, 4) is 0 Å². The summed E-state index contributed by atoms with van der Waals surface area (Å²) in [6, 6.07) is 7.22.